The lowest BCUT2D eigenvalue weighted by atomic mass is 9.74. The van der Waals surface area contributed by atoms with Crippen molar-refractivity contribution in [3.05, 3.63) is 58.7 Å². The van der Waals surface area contributed by atoms with Crippen LogP contribution in [-0.4, -0.2) is 0 Å². The quantitative estimate of drug-likeness (QED) is 0.647. The van der Waals surface area contributed by atoms with E-state index in [1.54, 1.807) is 0 Å². The van der Waals surface area contributed by atoms with Gasteiger partial charge in [-0.25, -0.2) is 0 Å². The summed E-state index contributed by atoms with van der Waals surface area (Å²) in [6.07, 6.45) is 11.2. The summed E-state index contributed by atoms with van der Waals surface area (Å²) in [7, 11) is 0. The number of ether oxygens (including phenoxy) is 1. The minimum atomic E-state index is -0.192. The number of benzene rings is 2. The number of rotatable bonds is 0. The maximum Gasteiger partial charge on any atom is 0.147 e. The van der Waals surface area contributed by atoms with Crippen molar-refractivity contribution >= 4 is 0 Å². The van der Waals surface area contributed by atoms with Gasteiger partial charge in [0.05, 0.1) is 11.1 Å². The van der Waals surface area contributed by atoms with E-state index in [1.807, 2.05) is 24.3 Å². The predicted molar refractivity (Wildman–Crippen MR) is 81.0 cm³/mol. The molecule has 0 N–H and O–H groups in total. The van der Waals surface area contributed by atoms with E-state index in [9.17, 15) is 0 Å². The molecule has 1 heterocycles. The molecule has 1 heteroatoms. The Labute approximate surface area is 119 Å². The molecule has 0 bridgehead atoms. The van der Waals surface area contributed by atoms with Crippen LogP contribution in [0.4, 0.5) is 0 Å². The van der Waals surface area contributed by atoms with Gasteiger partial charge < -0.3 is 4.74 Å². The first kappa shape index (κ1) is 12.4. The van der Waals surface area contributed by atoms with Gasteiger partial charge in [-0.1, -0.05) is 50.0 Å². The molecule has 0 unspecified atom stereocenters. The Balaban J connectivity index is 2.36. The lowest BCUT2D eigenvalue weighted by molar-refractivity contribution is 0.415. The molecule has 0 aromatic heterocycles. The molecular formula is C19H14O. The van der Waals surface area contributed by atoms with Crippen LogP contribution in [0.2, 0.25) is 0 Å². The average molecular weight is 258 g/mol. The zero-order valence-corrected chi connectivity index (χ0v) is 11.5. The van der Waals surface area contributed by atoms with Gasteiger partial charge in [0.15, 0.2) is 0 Å². The number of hydrogen-bond acceptors (Lipinski definition) is 1. The summed E-state index contributed by atoms with van der Waals surface area (Å²) in [5.74, 6) is 6.86. The highest BCUT2D eigenvalue weighted by Crippen LogP contribution is 2.49. The Kier molecular flexibility index (Phi) is 2.60. The third-order valence-electron chi connectivity index (χ3n) is 3.89. The lowest BCUT2D eigenvalue weighted by Crippen LogP contribution is -2.25. The molecule has 96 valence electrons. The number of terminal acetylenes is 2. The van der Waals surface area contributed by atoms with Crippen molar-refractivity contribution in [2.24, 2.45) is 0 Å². The molecule has 1 aliphatic rings. The summed E-state index contributed by atoms with van der Waals surface area (Å²) in [4.78, 5) is 0. The molecule has 0 atom stereocenters. The molecule has 0 fully saturated rings. The first-order chi connectivity index (χ1) is 9.59. The maximum absolute atomic E-state index is 6.07. The second kappa shape index (κ2) is 4.19. The molecule has 0 radical (unpaired) electrons. The van der Waals surface area contributed by atoms with Crippen molar-refractivity contribution in [1.29, 1.82) is 0 Å². The molecule has 2 aromatic carbocycles. The largest absolute Gasteiger partial charge is 0.454 e. The van der Waals surface area contributed by atoms with Crippen molar-refractivity contribution in [1.82, 2.24) is 0 Å². The van der Waals surface area contributed by atoms with E-state index in [0.717, 1.165) is 33.8 Å². The van der Waals surface area contributed by atoms with Crippen molar-refractivity contribution in [3.63, 3.8) is 0 Å². The smallest absolute Gasteiger partial charge is 0.147 e. The predicted octanol–water partition coefficient (Wildman–Crippen LogP) is 4.08. The first-order valence-electron chi connectivity index (χ1n) is 6.47. The van der Waals surface area contributed by atoms with Crippen molar-refractivity contribution in [3.8, 4) is 36.2 Å². The van der Waals surface area contributed by atoms with E-state index >= 15 is 0 Å². The molecule has 20 heavy (non-hydrogen) atoms. The SMILES string of the molecule is C#Cc1cccc2c1Oc1c(C#C)cccc1C2(C)C. The van der Waals surface area contributed by atoms with Crippen LogP contribution >= 0.6 is 0 Å². The minimum absolute atomic E-state index is 0.192. The van der Waals surface area contributed by atoms with Gasteiger partial charge in [-0.3, -0.25) is 0 Å². The summed E-state index contributed by atoms with van der Waals surface area (Å²) < 4.78 is 6.07. The topological polar surface area (TPSA) is 9.23 Å². The van der Waals surface area contributed by atoms with Crippen molar-refractivity contribution in [2.45, 2.75) is 19.3 Å². The van der Waals surface area contributed by atoms with Crippen LogP contribution in [0.1, 0.15) is 36.1 Å². The Bertz CT molecular complexity index is 717. The first-order valence-corrected chi connectivity index (χ1v) is 6.47. The van der Waals surface area contributed by atoms with Gasteiger partial charge >= 0.3 is 0 Å². The Morgan fingerprint density at radius 1 is 0.850 bits per heavy atom. The third kappa shape index (κ3) is 1.54. The second-order valence-electron chi connectivity index (χ2n) is 5.38. The van der Waals surface area contributed by atoms with Gasteiger partial charge in [0.1, 0.15) is 11.5 Å². The molecule has 0 amide bonds. The van der Waals surface area contributed by atoms with Crippen LogP contribution in [0.25, 0.3) is 0 Å². The van der Waals surface area contributed by atoms with Gasteiger partial charge in [-0.05, 0) is 12.1 Å². The number of para-hydroxylation sites is 2. The molecule has 2 aromatic rings. The highest BCUT2D eigenvalue weighted by Gasteiger charge is 2.36. The molecular weight excluding hydrogens is 244 g/mol. The van der Waals surface area contributed by atoms with Gasteiger partial charge in [-0.15, -0.1) is 12.8 Å². The normalized spacial score (nSPS) is 14.2. The highest BCUT2D eigenvalue weighted by atomic mass is 16.5. The summed E-state index contributed by atoms with van der Waals surface area (Å²) in [6, 6.07) is 11.8. The van der Waals surface area contributed by atoms with Crippen LogP contribution in [0.3, 0.4) is 0 Å². The second-order valence-corrected chi connectivity index (χ2v) is 5.38. The van der Waals surface area contributed by atoms with Gasteiger partial charge in [0.25, 0.3) is 0 Å². The standard InChI is InChI=1S/C19H14O/c1-5-13-9-7-11-15-17(13)20-18-14(6-2)10-8-12-16(18)19(15,3)4/h1-2,7-12H,3-4H3. The number of hydrogen-bond donors (Lipinski definition) is 0. The molecule has 3 rings (SSSR count). The molecule has 0 saturated heterocycles. The fourth-order valence-corrected chi connectivity index (χ4v) is 2.75. The van der Waals surface area contributed by atoms with E-state index < -0.39 is 0 Å². The molecule has 0 spiro atoms. The molecule has 1 nitrogen and oxygen atoms in total. The maximum atomic E-state index is 6.07. The zero-order chi connectivity index (χ0) is 14.3. The van der Waals surface area contributed by atoms with Gasteiger partial charge in [0, 0.05) is 16.5 Å². The van der Waals surface area contributed by atoms with Crippen LogP contribution in [0.15, 0.2) is 36.4 Å². The van der Waals surface area contributed by atoms with E-state index in [1.165, 1.54) is 0 Å². The minimum Gasteiger partial charge on any atom is -0.454 e. The molecule has 1 aliphatic heterocycles. The lowest BCUT2D eigenvalue weighted by Gasteiger charge is -2.35. The summed E-state index contributed by atoms with van der Waals surface area (Å²) in [5.41, 5.74) is 3.51. The van der Waals surface area contributed by atoms with E-state index in [0.29, 0.717) is 0 Å². The van der Waals surface area contributed by atoms with Gasteiger partial charge in [0.2, 0.25) is 0 Å². The fourth-order valence-electron chi connectivity index (χ4n) is 2.75. The van der Waals surface area contributed by atoms with E-state index in [2.05, 4.69) is 37.8 Å². The summed E-state index contributed by atoms with van der Waals surface area (Å²) in [5, 5.41) is 0. The zero-order valence-electron chi connectivity index (χ0n) is 11.5. The monoisotopic (exact) mass is 258 g/mol. The van der Waals surface area contributed by atoms with E-state index in [-0.39, 0.29) is 5.41 Å². The summed E-state index contributed by atoms with van der Waals surface area (Å²) >= 11 is 0. The fraction of sp³-hybridized carbons (Fsp3) is 0.158. The third-order valence-corrected chi connectivity index (χ3v) is 3.89. The van der Waals surface area contributed by atoms with Crippen molar-refractivity contribution in [2.75, 3.05) is 0 Å². The van der Waals surface area contributed by atoms with Crippen LogP contribution in [0.5, 0.6) is 11.5 Å². The van der Waals surface area contributed by atoms with Crippen molar-refractivity contribution < 1.29 is 4.74 Å². The molecule has 0 saturated carbocycles. The Morgan fingerprint density at radius 3 is 1.70 bits per heavy atom. The van der Waals surface area contributed by atoms with Gasteiger partial charge in [-0.2, -0.15) is 0 Å². The molecule has 0 aliphatic carbocycles. The van der Waals surface area contributed by atoms with E-state index in [4.69, 9.17) is 17.6 Å². The summed E-state index contributed by atoms with van der Waals surface area (Å²) in [6.45, 7) is 4.32. The van der Waals surface area contributed by atoms with Crippen LogP contribution < -0.4 is 4.74 Å². The van der Waals surface area contributed by atoms with Crippen LogP contribution in [-0.2, 0) is 5.41 Å². The highest BCUT2D eigenvalue weighted by molar-refractivity contribution is 5.65. The Hall–Kier alpha value is -2.64. The Morgan fingerprint density at radius 2 is 1.30 bits per heavy atom. The van der Waals surface area contributed by atoms with Crippen LogP contribution in [0, 0.1) is 24.7 Å². The average Bonchev–Trinajstić information content (AvgIpc) is 2.46. The number of fused-ring (bicyclic) bond motifs is 2.